The topological polar surface area (TPSA) is 30.7 Å². The summed E-state index contributed by atoms with van der Waals surface area (Å²) in [5, 5.41) is 10.6. The number of rotatable bonds is 1. The van der Waals surface area contributed by atoms with Gasteiger partial charge in [-0.15, -0.1) is 0 Å². The molecule has 2 heterocycles. The average molecular weight is 317 g/mol. The van der Waals surface area contributed by atoms with E-state index in [2.05, 4.69) is 74.0 Å². The van der Waals surface area contributed by atoms with E-state index in [4.69, 9.17) is 5.10 Å². The Labute approximate surface area is 142 Å². The molecule has 3 aromatic rings. The van der Waals surface area contributed by atoms with E-state index in [-0.39, 0.29) is 10.8 Å². The molecule has 0 radical (unpaired) electrons. The third-order valence-corrected chi connectivity index (χ3v) is 7.12. The van der Waals surface area contributed by atoms with Gasteiger partial charge in [-0.25, -0.2) is 0 Å². The van der Waals surface area contributed by atoms with Crippen LogP contribution in [0.15, 0.2) is 36.5 Å². The second-order valence-corrected chi connectivity index (χ2v) is 8.35. The lowest BCUT2D eigenvalue weighted by Crippen LogP contribution is -2.32. The van der Waals surface area contributed by atoms with Crippen molar-refractivity contribution in [2.24, 2.45) is 12.5 Å². The largest absolute Gasteiger partial charge is 0.350 e. The Morgan fingerprint density at radius 2 is 1.92 bits per heavy atom. The van der Waals surface area contributed by atoms with Crippen LogP contribution in [-0.4, -0.2) is 14.8 Å². The van der Waals surface area contributed by atoms with E-state index in [9.17, 15) is 0 Å². The molecule has 2 aliphatic carbocycles. The van der Waals surface area contributed by atoms with Gasteiger partial charge in [0.15, 0.2) is 0 Å². The summed E-state index contributed by atoms with van der Waals surface area (Å²) in [4.78, 5) is 0. The lowest BCUT2D eigenvalue weighted by atomic mass is 9.70. The van der Waals surface area contributed by atoms with Gasteiger partial charge >= 0.3 is 0 Å². The summed E-state index contributed by atoms with van der Waals surface area (Å²) in [6.45, 7) is 7.19. The van der Waals surface area contributed by atoms with Crippen molar-refractivity contribution < 1.29 is 0 Å². The molecule has 1 saturated carbocycles. The Hall–Kier alpha value is -2.16. The zero-order valence-corrected chi connectivity index (χ0v) is 14.8. The number of aromatic nitrogens is 3. The molecule has 0 amide bonds. The van der Waals surface area contributed by atoms with Crippen molar-refractivity contribution in [1.82, 2.24) is 14.8 Å². The van der Waals surface area contributed by atoms with Gasteiger partial charge in [-0.05, 0) is 41.9 Å². The van der Waals surface area contributed by atoms with Gasteiger partial charge < -0.3 is 4.57 Å². The van der Waals surface area contributed by atoms with E-state index in [0.29, 0.717) is 5.92 Å². The lowest BCUT2D eigenvalue weighted by Gasteiger charge is -2.33. The minimum atomic E-state index is 0.178. The summed E-state index contributed by atoms with van der Waals surface area (Å²) in [5.74, 6) is 0.613. The first kappa shape index (κ1) is 14.2. The van der Waals surface area contributed by atoms with Gasteiger partial charge in [0.1, 0.15) is 0 Å². The fourth-order valence-electron chi connectivity index (χ4n) is 5.25. The summed E-state index contributed by atoms with van der Waals surface area (Å²) in [6, 6.07) is 10.8. The maximum atomic E-state index is 4.74. The minimum absolute atomic E-state index is 0.178. The van der Waals surface area contributed by atoms with Crippen molar-refractivity contribution in [3.05, 3.63) is 47.8 Å². The molecule has 0 saturated heterocycles. The first-order valence-corrected chi connectivity index (χ1v) is 8.86. The van der Waals surface area contributed by atoms with Crippen LogP contribution < -0.4 is 0 Å². The van der Waals surface area contributed by atoms with Gasteiger partial charge in [-0.3, -0.25) is 0 Å². The molecule has 1 aromatic carbocycles. The molecule has 2 atom stereocenters. The Morgan fingerprint density at radius 3 is 2.75 bits per heavy atom. The number of para-hydroxylation sites is 1. The molecule has 2 aromatic heterocycles. The molecule has 5 rings (SSSR count). The van der Waals surface area contributed by atoms with Crippen LogP contribution in [0.5, 0.6) is 0 Å². The monoisotopic (exact) mass is 317 g/mol. The number of hydrogen-bond acceptors (Lipinski definition) is 2. The summed E-state index contributed by atoms with van der Waals surface area (Å²) in [5.41, 5.74) is 6.58. The zero-order valence-electron chi connectivity index (χ0n) is 14.8. The van der Waals surface area contributed by atoms with Crippen LogP contribution in [0.25, 0.3) is 22.2 Å². The molecule has 24 heavy (non-hydrogen) atoms. The Kier molecular flexibility index (Phi) is 2.53. The molecule has 122 valence electrons. The minimum Gasteiger partial charge on any atom is -0.350 e. The Morgan fingerprint density at radius 1 is 1.12 bits per heavy atom. The molecule has 3 nitrogen and oxygen atoms in total. The Balaban J connectivity index is 1.73. The molecule has 1 fully saturated rings. The second-order valence-electron chi connectivity index (χ2n) is 8.35. The highest BCUT2D eigenvalue weighted by Crippen LogP contribution is 2.67. The number of hydrogen-bond donors (Lipinski definition) is 0. The third-order valence-electron chi connectivity index (χ3n) is 7.12. The van der Waals surface area contributed by atoms with E-state index >= 15 is 0 Å². The van der Waals surface area contributed by atoms with Crippen molar-refractivity contribution in [1.29, 1.82) is 0 Å². The van der Waals surface area contributed by atoms with Crippen LogP contribution in [0.2, 0.25) is 0 Å². The predicted molar refractivity (Wildman–Crippen MR) is 97.1 cm³/mol. The maximum Gasteiger partial charge on any atom is 0.0954 e. The number of fused-ring (bicyclic) bond motifs is 6. The van der Waals surface area contributed by atoms with E-state index in [1.807, 2.05) is 0 Å². The number of benzene rings is 1. The lowest BCUT2D eigenvalue weighted by molar-refractivity contribution is 0.226. The smallest absolute Gasteiger partial charge is 0.0954 e. The molecule has 0 aliphatic heterocycles. The van der Waals surface area contributed by atoms with Gasteiger partial charge in [0, 0.05) is 35.1 Å². The molecule has 0 spiro atoms. The summed E-state index contributed by atoms with van der Waals surface area (Å²) in [7, 11) is 2.10. The highest BCUT2D eigenvalue weighted by molar-refractivity contribution is 5.95. The molecule has 0 unspecified atom stereocenters. The van der Waals surface area contributed by atoms with E-state index in [1.165, 1.54) is 40.6 Å². The van der Waals surface area contributed by atoms with E-state index in [0.717, 1.165) is 5.69 Å². The highest BCUT2D eigenvalue weighted by Gasteiger charge is 2.60. The van der Waals surface area contributed by atoms with Crippen LogP contribution in [0.1, 0.15) is 50.8 Å². The summed E-state index contributed by atoms with van der Waals surface area (Å²) >= 11 is 0. The quantitative estimate of drug-likeness (QED) is 0.645. The molecular weight excluding hydrogens is 294 g/mol. The van der Waals surface area contributed by atoms with Gasteiger partial charge in [0.25, 0.3) is 0 Å². The summed E-state index contributed by atoms with van der Waals surface area (Å²) < 4.78 is 2.18. The zero-order chi connectivity index (χ0) is 16.7. The highest BCUT2D eigenvalue weighted by atomic mass is 15.1. The number of aryl methyl sites for hydroxylation is 1. The second kappa shape index (κ2) is 4.27. The van der Waals surface area contributed by atoms with E-state index < -0.39 is 0 Å². The van der Waals surface area contributed by atoms with Gasteiger partial charge in [0.2, 0.25) is 0 Å². The van der Waals surface area contributed by atoms with Gasteiger partial charge in [0.05, 0.1) is 11.4 Å². The van der Waals surface area contributed by atoms with Crippen molar-refractivity contribution in [3.63, 3.8) is 0 Å². The molecule has 2 aliphatic rings. The first-order chi connectivity index (χ1) is 11.4. The van der Waals surface area contributed by atoms with Crippen LogP contribution in [0.4, 0.5) is 0 Å². The molecule has 3 heteroatoms. The third kappa shape index (κ3) is 1.49. The fraction of sp³-hybridized carbons (Fsp3) is 0.429. The molecule has 2 bridgehead atoms. The van der Waals surface area contributed by atoms with Crippen LogP contribution in [0.3, 0.4) is 0 Å². The SMILES string of the molecule is Cn1cc(-c2cc3c(nn2)[C@@]2(C)CC[C@@H]3C2(C)C)c2ccccc21. The van der Waals surface area contributed by atoms with Gasteiger partial charge in [-0.2, -0.15) is 10.2 Å². The number of nitrogens with zero attached hydrogens (tertiary/aromatic N) is 3. The molecular formula is C21H23N3. The summed E-state index contributed by atoms with van der Waals surface area (Å²) in [6.07, 6.45) is 4.69. The first-order valence-electron chi connectivity index (χ1n) is 8.86. The van der Waals surface area contributed by atoms with Crippen molar-refractivity contribution in [2.75, 3.05) is 0 Å². The van der Waals surface area contributed by atoms with Crippen LogP contribution in [-0.2, 0) is 12.5 Å². The molecule has 0 N–H and O–H groups in total. The van der Waals surface area contributed by atoms with Crippen LogP contribution in [0, 0.1) is 5.41 Å². The van der Waals surface area contributed by atoms with E-state index in [1.54, 1.807) is 0 Å². The normalized spacial score (nSPS) is 26.9. The van der Waals surface area contributed by atoms with Crippen molar-refractivity contribution >= 4 is 10.9 Å². The maximum absolute atomic E-state index is 4.74. The Bertz CT molecular complexity index is 982. The van der Waals surface area contributed by atoms with Crippen LogP contribution >= 0.6 is 0 Å². The fourth-order valence-corrected chi connectivity index (χ4v) is 5.25. The van der Waals surface area contributed by atoms with Crippen molar-refractivity contribution in [2.45, 2.75) is 44.9 Å². The standard InChI is InChI=1S/C21H23N3/c1-20(2)16-9-10-21(20,3)19-14(16)11-17(22-23-19)15-12-24(4)18-8-6-5-7-13(15)18/h5-8,11-12,16H,9-10H2,1-4H3/t16-,21+/m0/s1. The average Bonchev–Trinajstić information content (AvgIpc) is 3.09. The van der Waals surface area contributed by atoms with Crippen molar-refractivity contribution in [3.8, 4) is 11.3 Å². The van der Waals surface area contributed by atoms with Gasteiger partial charge in [-0.1, -0.05) is 39.0 Å². The predicted octanol–water partition coefficient (Wildman–Crippen LogP) is 4.81.